The van der Waals surface area contributed by atoms with E-state index in [2.05, 4.69) is 25.1 Å². The second-order valence-corrected chi connectivity index (χ2v) is 6.76. The lowest BCUT2D eigenvalue weighted by atomic mass is 10.1. The quantitative estimate of drug-likeness (QED) is 0.367. The van der Waals surface area contributed by atoms with E-state index in [4.69, 9.17) is 11.5 Å². The highest BCUT2D eigenvalue weighted by Gasteiger charge is 2.21. The minimum atomic E-state index is -0.534. The lowest BCUT2D eigenvalue weighted by Gasteiger charge is -2.19. The zero-order valence-electron chi connectivity index (χ0n) is 16.0. The van der Waals surface area contributed by atoms with Gasteiger partial charge >= 0.3 is 0 Å². The lowest BCUT2D eigenvalue weighted by molar-refractivity contribution is -0.123. The van der Waals surface area contributed by atoms with E-state index in [1.54, 1.807) is 18.5 Å². The molecule has 10 heteroatoms. The highest BCUT2D eigenvalue weighted by molar-refractivity contribution is 5.94. The van der Waals surface area contributed by atoms with E-state index in [9.17, 15) is 9.59 Å². The van der Waals surface area contributed by atoms with Crippen molar-refractivity contribution in [2.75, 3.05) is 10.6 Å². The van der Waals surface area contributed by atoms with E-state index < -0.39 is 5.91 Å². The van der Waals surface area contributed by atoms with E-state index in [1.165, 1.54) is 4.90 Å². The van der Waals surface area contributed by atoms with Crippen LogP contribution in [0, 0.1) is 0 Å². The van der Waals surface area contributed by atoms with Gasteiger partial charge in [0.15, 0.2) is 5.82 Å². The molecule has 0 aliphatic carbocycles. The van der Waals surface area contributed by atoms with Gasteiger partial charge in [0.05, 0.1) is 29.6 Å². The highest BCUT2D eigenvalue weighted by Crippen LogP contribution is 2.26. The summed E-state index contributed by atoms with van der Waals surface area (Å²) in [5, 5.41) is 7.71. The number of benzene rings is 1. The number of fused-ring (bicyclic) bond motifs is 1. The van der Waals surface area contributed by atoms with Crippen molar-refractivity contribution in [1.82, 2.24) is 25.1 Å². The van der Waals surface area contributed by atoms with Gasteiger partial charge in [-0.05, 0) is 24.3 Å². The number of imidazole rings is 1. The first kappa shape index (κ1) is 19.1. The molecule has 0 saturated carbocycles. The first-order valence-corrected chi connectivity index (χ1v) is 9.29. The maximum atomic E-state index is 12.8. The Labute approximate surface area is 171 Å². The number of carbonyl (C=O) groups is 2. The number of primary amides is 1. The molecule has 4 rings (SSSR count). The van der Waals surface area contributed by atoms with Crippen LogP contribution in [0.25, 0.3) is 22.2 Å². The Morgan fingerprint density at radius 1 is 1.10 bits per heavy atom. The molecule has 0 fully saturated rings. The van der Waals surface area contributed by atoms with Crippen molar-refractivity contribution in [3.05, 3.63) is 54.5 Å². The zero-order chi connectivity index (χ0) is 21.1. The Bertz CT molecular complexity index is 1200. The highest BCUT2D eigenvalue weighted by atomic mass is 16.2. The maximum absolute atomic E-state index is 12.8. The number of hydrogen-bond donors (Lipinski definition) is 4. The van der Waals surface area contributed by atoms with Gasteiger partial charge in [-0.25, -0.2) is 4.98 Å². The van der Waals surface area contributed by atoms with E-state index in [0.29, 0.717) is 23.2 Å². The lowest BCUT2D eigenvalue weighted by Crippen LogP contribution is -2.32. The molecular weight excluding hydrogens is 384 g/mol. The van der Waals surface area contributed by atoms with Crippen molar-refractivity contribution in [3.8, 4) is 11.3 Å². The largest absolute Gasteiger partial charge is 0.382 e. The molecule has 3 aromatic heterocycles. The van der Waals surface area contributed by atoms with Crippen LogP contribution in [-0.2, 0) is 16.1 Å². The Balaban J connectivity index is 1.63. The second-order valence-electron chi connectivity index (χ2n) is 6.76. The van der Waals surface area contributed by atoms with Gasteiger partial charge in [-0.15, -0.1) is 0 Å². The SMILES string of the molecule is NC(=O)CCC(=O)N(Cc1ccccn1)c1ncc(-c2ccc3c(N)n[nH]c3c2)[nH]1. The molecule has 0 unspecified atom stereocenters. The summed E-state index contributed by atoms with van der Waals surface area (Å²) in [5.74, 6) is -0.0247. The number of nitrogens with zero attached hydrogens (tertiary/aromatic N) is 4. The van der Waals surface area contributed by atoms with Crippen LogP contribution in [0.4, 0.5) is 11.8 Å². The van der Waals surface area contributed by atoms with Crippen LogP contribution >= 0.6 is 0 Å². The molecule has 0 saturated heterocycles. The molecule has 6 N–H and O–H groups in total. The number of aromatic amines is 2. The molecule has 4 aromatic rings. The van der Waals surface area contributed by atoms with Crippen LogP contribution in [0.5, 0.6) is 0 Å². The summed E-state index contributed by atoms with van der Waals surface area (Å²) >= 11 is 0. The fourth-order valence-electron chi connectivity index (χ4n) is 3.10. The van der Waals surface area contributed by atoms with E-state index in [-0.39, 0.29) is 25.3 Å². The third-order valence-electron chi connectivity index (χ3n) is 4.65. The molecule has 30 heavy (non-hydrogen) atoms. The average molecular weight is 404 g/mol. The van der Waals surface area contributed by atoms with Crippen molar-refractivity contribution < 1.29 is 9.59 Å². The zero-order valence-corrected chi connectivity index (χ0v) is 16.0. The molecule has 0 aliphatic rings. The maximum Gasteiger partial charge on any atom is 0.230 e. The van der Waals surface area contributed by atoms with Crippen LogP contribution in [0.2, 0.25) is 0 Å². The number of amides is 2. The van der Waals surface area contributed by atoms with Gasteiger partial charge in [-0.3, -0.25) is 24.6 Å². The van der Waals surface area contributed by atoms with Crippen molar-refractivity contribution >= 4 is 34.5 Å². The number of rotatable bonds is 7. The first-order chi connectivity index (χ1) is 14.5. The van der Waals surface area contributed by atoms with Crippen molar-refractivity contribution in [2.45, 2.75) is 19.4 Å². The molecule has 0 spiro atoms. The number of hydrogen-bond acceptors (Lipinski definition) is 6. The Morgan fingerprint density at radius 2 is 1.97 bits per heavy atom. The molecule has 152 valence electrons. The molecule has 2 amide bonds. The van der Waals surface area contributed by atoms with E-state index in [1.807, 2.05) is 30.3 Å². The smallest absolute Gasteiger partial charge is 0.230 e. The standard InChI is InChI=1S/C20H20N8O2/c21-17(29)6-7-18(30)28(11-13-3-1-2-8-23-13)20-24-10-16(25-20)12-4-5-14-15(9-12)26-27-19(14)22/h1-5,8-10H,6-7,11H2,(H2,21,29)(H,24,25)(H3,22,26,27). The summed E-state index contributed by atoms with van der Waals surface area (Å²) in [6.07, 6.45) is 3.24. The molecule has 1 aromatic carbocycles. The third-order valence-corrected chi connectivity index (χ3v) is 4.65. The number of anilines is 2. The first-order valence-electron chi connectivity index (χ1n) is 9.29. The molecule has 10 nitrogen and oxygen atoms in total. The minimum absolute atomic E-state index is 0.0163. The monoisotopic (exact) mass is 404 g/mol. The summed E-state index contributed by atoms with van der Waals surface area (Å²) in [6, 6.07) is 11.1. The number of nitrogens with two attached hydrogens (primary N) is 2. The number of H-pyrrole nitrogens is 2. The van der Waals surface area contributed by atoms with E-state index >= 15 is 0 Å². The van der Waals surface area contributed by atoms with Gasteiger partial charge in [0.25, 0.3) is 0 Å². The molecule has 0 atom stereocenters. The van der Waals surface area contributed by atoms with Crippen molar-refractivity contribution in [1.29, 1.82) is 0 Å². The molecule has 3 heterocycles. The Hall–Kier alpha value is -4.21. The van der Waals surface area contributed by atoms with Gasteiger partial charge in [0.2, 0.25) is 17.8 Å². The topological polar surface area (TPSA) is 160 Å². The van der Waals surface area contributed by atoms with Gasteiger partial charge in [0, 0.05) is 30.0 Å². The van der Waals surface area contributed by atoms with Crippen molar-refractivity contribution in [3.63, 3.8) is 0 Å². The van der Waals surface area contributed by atoms with Crippen LogP contribution in [0.3, 0.4) is 0 Å². The van der Waals surface area contributed by atoms with Crippen LogP contribution in [0.1, 0.15) is 18.5 Å². The molecule has 0 radical (unpaired) electrons. The van der Waals surface area contributed by atoms with Crippen LogP contribution < -0.4 is 16.4 Å². The van der Waals surface area contributed by atoms with Gasteiger partial charge < -0.3 is 16.5 Å². The fraction of sp³-hybridized carbons (Fsp3) is 0.150. The summed E-state index contributed by atoms with van der Waals surface area (Å²) < 4.78 is 0. The fourth-order valence-corrected chi connectivity index (χ4v) is 3.10. The molecule has 0 aliphatic heterocycles. The van der Waals surface area contributed by atoms with Crippen LogP contribution in [0.15, 0.2) is 48.8 Å². The number of pyridine rings is 1. The number of nitrogens with one attached hydrogen (secondary N) is 2. The third kappa shape index (κ3) is 3.97. The number of aromatic nitrogens is 5. The van der Waals surface area contributed by atoms with Gasteiger partial charge in [0.1, 0.15) is 0 Å². The Kier molecular flexibility index (Phi) is 5.12. The van der Waals surface area contributed by atoms with Crippen molar-refractivity contribution in [2.24, 2.45) is 5.73 Å². The predicted octanol–water partition coefficient (Wildman–Crippen LogP) is 1.73. The van der Waals surface area contributed by atoms with Crippen LogP contribution in [-0.4, -0.2) is 37.0 Å². The summed E-state index contributed by atoms with van der Waals surface area (Å²) in [5.41, 5.74) is 14.1. The summed E-state index contributed by atoms with van der Waals surface area (Å²) in [7, 11) is 0. The number of carbonyl (C=O) groups excluding carboxylic acids is 2. The number of nitrogen functional groups attached to an aromatic ring is 1. The second kappa shape index (κ2) is 8.03. The van der Waals surface area contributed by atoms with Gasteiger partial charge in [-0.2, -0.15) is 5.10 Å². The molecule has 0 bridgehead atoms. The summed E-state index contributed by atoms with van der Waals surface area (Å²) in [4.78, 5) is 37.2. The summed E-state index contributed by atoms with van der Waals surface area (Å²) in [6.45, 7) is 0.210. The normalized spacial score (nSPS) is 10.9. The Morgan fingerprint density at radius 3 is 2.73 bits per heavy atom. The average Bonchev–Trinajstić information content (AvgIpc) is 3.38. The van der Waals surface area contributed by atoms with E-state index in [0.717, 1.165) is 16.5 Å². The van der Waals surface area contributed by atoms with Gasteiger partial charge in [-0.1, -0.05) is 12.1 Å². The minimum Gasteiger partial charge on any atom is -0.382 e. The molecular formula is C20H20N8O2. The predicted molar refractivity (Wildman–Crippen MR) is 112 cm³/mol.